The summed E-state index contributed by atoms with van der Waals surface area (Å²) in [5.41, 5.74) is 3.73. The smallest absolute Gasteiger partial charge is 0.258 e. The van der Waals surface area contributed by atoms with Crippen LogP contribution in [-0.4, -0.2) is 59.4 Å². The number of halogens is 2. The Labute approximate surface area is 213 Å². The molecule has 190 valence electrons. The van der Waals surface area contributed by atoms with E-state index in [2.05, 4.69) is 38.9 Å². The molecular weight excluding hydrogens is 474 g/mol. The molecule has 0 N–H and O–H groups in total. The van der Waals surface area contributed by atoms with Gasteiger partial charge in [0.25, 0.3) is 5.78 Å². The van der Waals surface area contributed by atoms with Gasteiger partial charge in [0.05, 0.1) is 17.1 Å². The molecule has 0 aliphatic carbocycles. The zero-order chi connectivity index (χ0) is 25.8. The largest absolute Gasteiger partial charge is 0.350 e. The highest BCUT2D eigenvalue weighted by Gasteiger charge is 2.37. The third-order valence-electron chi connectivity index (χ3n) is 7.39. The molecule has 8 nitrogen and oxygen atoms in total. The molecule has 1 fully saturated rings. The molecule has 1 aliphatic heterocycles. The molecule has 0 unspecified atom stereocenters. The van der Waals surface area contributed by atoms with Gasteiger partial charge in [0.2, 0.25) is 0 Å². The molecule has 2 atom stereocenters. The van der Waals surface area contributed by atoms with Crippen molar-refractivity contribution < 1.29 is 8.78 Å². The minimum Gasteiger partial charge on any atom is -0.350 e. The van der Waals surface area contributed by atoms with Crippen LogP contribution in [-0.2, 0) is 7.05 Å². The van der Waals surface area contributed by atoms with Crippen LogP contribution in [0.15, 0.2) is 54.9 Å². The van der Waals surface area contributed by atoms with E-state index >= 15 is 0 Å². The molecule has 0 radical (unpaired) electrons. The number of hydrogen-bond acceptors (Lipinski definition) is 6. The van der Waals surface area contributed by atoms with Crippen molar-refractivity contribution in [3.8, 4) is 0 Å². The highest BCUT2D eigenvalue weighted by Crippen LogP contribution is 2.37. The van der Waals surface area contributed by atoms with Crippen molar-refractivity contribution in [2.24, 2.45) is 7.05 Å². The molecule has 0 amide bonds. The number of benzene rings is 2. The van der Waals surface area contributed by atoms with E-state index in [0.29, 0.717) is 12.3 Å². The van der Waals surface area contributed by atoms with Gasteiger partial charge in [0, 0.05) is 32.2 Å². The highest BCUT2D eigenvalue weighted by atomic mass is 19.1. The summed E-state index contributed by atoms with van der Waals surface area (Å²) in [6.07, 6.45) is 1.66. The predicted molar refractivity (Wildman–Crippen MR) is 137 cm³/mol. The summed E-state index contributed by atoms with van der Waals surface area (Å²) >= 11 is 0. The second-order valence-electron chi connectivity index (χ2n) is 9.90. The Bertz CT molecular complexity index is 1530. The molecule has 37 heavy (non-hydrogen) atoms. The van der Waals surface area contributed by atoms with E-state index < -0.39 is 0 Å². The van der Waals surface area contributed by atoms with Crippen LogP contribution < -0.4 is 4.90 Å². The Hall–Kier alpha value is -3.92. The van der Waals surface area contributed by atoms with Crippen molar-refractivity contribution in [3.63, 3.8) is 0 Å². The summed E-state index contributed by atoms with van der Waals surface area (Å²) in [6, 6.07) is 13.3. The number of rotatable bonds is 4. The number of anilines is 1. The lowest BCUT2D eigenvalue weighted by atomic mass is 9.93. The van der Waals surface area contributed by atoms with Gasteiger partial charge >= 0.3 is 0 Å². The summed E-state index contributed by atoms with van der Waals surface area (Å²) < 4.78 is 31.3. The standard InChI is InChI=1S/C27H28F2N8/c1-16-14-36(25-23-18(3)33-34(4)26(23)37-15-30-32-27(37)31-25)17(2)13-35(16)24(19-5-9-21(28)10-6-19)20-7-11-22(29)12-8-20/h5-12,15-17,24H,13-14H2,1-4H3/t16-,17+/m1/s1. The van der Waals surface area contributed by atoms with E-state index in [0.717, 1.165) is 40.2 Å². The van der Waals surface area contributed by atoms with E-state index in [9.17, 15) is 8.78 Å². The summed E-state index contributed by atoms with van der Waals surface area (Å²) in [7, 11) is 1.92. The third-order valence-corrected chi connectivity index (χ3v) is 7.39. The van der Waals surface area contributed by atoms with Crippen molar-refractivity contribution in [1.82, 2.24) is 34.3 Å². The fraction of sp³-hybridized carbons (Fsp3) is 0.333. The maximum atomic E-state index is 13.8. The molecule has 0 saturated carbocycles. The molecule has 6 rings (SSSR count). The predicted octanol–water partition coefficient (Wildman–Crippen LogP) is 4.29. The van der Waals surface area contributed by atoms with Crippen LogP contribution in [0.4, 0.5) is 14.6 Å². The van der Waals surface area contributed by atoms with Crippen LogP contribution in [0.3, 0.4) is 0 Å². The van der Waals surface area contributed by atoms with E-state index in [-0.39, 0.29) is 29.8 Å². The minimum atomic E-state index is -0.279. The van der Waals surface area contributed by atoms with Gasteiger partial charge in [-0.25, -0.2) is 13.2 Å². The van der Waals surface area contributed by atoms with E-state index in [1.54, 1.807) is 6.33 Å². The van der Waals surface area contributed by atoms with Crippen molar-refractivity contribution in [1.29, 1.82) is 0 Å². The van der Waals surface area contributed by atoms with E-state index in [1.165, 1.54) is 24.3 Å². The van der Waals surface area contributed by atoms with Gasteiger partial charge < -0.3 is 4.90 Å². The Balaban J connectivity index is 1.41. The van der Waals surface area contributed by atoms with Gasteiger partial charge in [-0.1, -0.05) is 24.3 Å². The molecule has 1 saturated heterocycles. The van der Waals surface area contributed by atoms with Gasteiger partial charge in [-0.05, 0) is 56.2 Å². The molecule has 2 aromatic carbocycles. The fourth-order valence-electron chi connectivity index (χ4n) is 5.67. The average molecular weight is 503 g/mol. The van der Waals surface area contributed by atoms with Gasteiger partial charge in [0.15, 0.2) is 0 Å². The van der Waals surface area contributed by atoms with Crippen LogP contribution >= 0.6 is 0 Å². The molecule has 10 heteroatoms. The van der Waals surface area contributed by atoms with Crippen LogP contribution in [0.2, 0.25) is 0 Å². The number of fused-ring (bicyclic) bond motifs is 3. The van der Waals surface area contributed by atoms with Crippen molar-refractivity contribution in [3.05, 3.63) is 83.3 Å². The first-order valence-electron chi connectivity index (χ1n) is 12.4. The molecule has 3 aromatic heterocycles. The van der Waals surface area contributed by atoms with Crippen molar-refractivity contribution >= 4 is 22.6 Å². The molecule has 0 spiro atoms. The maximum Gasteiger partial charge on any atom is 0.258 e. The highest BCUT2D eigenvalue weighted by molar-refractivity contribution is 5.92. The third kappa shape index (κ3) is 3.92. The number of hydrogen-bond donors (Lipinski definition) is 0. The summed E-state index contributed by atoms with van der Waals surface area (Å²) in [5, 5.41) is 13.9. The number of aryl methyl sites for hydroxylation is 2. The van der Waals surface area contributed by atoms with Gasteiger partial charge in [-0.15, -0.1) is 10.2 Å². The molecular formula is C27H28F2N8. The zero-order valence-corrected chi connectivity index (χ0v) is 21.2. The molecule has 1 aliphatic rings. The monoisotopic (exact) mass is 502 g/mol. The molecule has 5 aromatic rings. The Morgan fingerprint density at radius 2 is 1.51 bits per heavy atom. The van der Waals surface area contributed by atoms with Crippen LogP contribution in [0.5, 0.6) is 0 Å². The van der Waals surface area contributed by atoms with E-state index in [1.807, 2.05) is 47.3 Å². The minimum absolute atomic E-state index is 0.0975. The second-order valence-corrected chi connectivity index (χ2v) is 9.90. The van der Waals surface area contributed by atoms with Crippen LogP contribution in [0, 0.1) is 18.6 Å². The SMILES string of the molecule is Cc1nn(C)c2c1c(N1C[C@@H](C)N(C(c3ccc(F)cc3)c3ccc(F)cc3)C[C@@H]1C)nc1nncn12. The number of aromatic nitrogens is 6. The van der Waals surface area contributed by atoms with E-state index in [4.69, 9.17) is 4.98 Å². The maximum absolute atomic E-state index is 13.8. The summed E-state index contributed by atoms with van der Waals surface area (Å²) in [5.74, 6) is 0.820. The summed E-state index contributed by atoms with van der Waals surface area (Å²) in [4.78, 5) is 9.64. The normalized spacial score (nSPS) is 18.9. The quantitative estimate of drug-likeness (QED) is 0.365. The summed E-state index contributed by atoms with van der Waals surface area (Å²) in [6.45, 7) is 7.79. The van der Waals surface area contributed by atoms with Gasteiger partial charge in [-0.3, -0.25) is 9.58 Å². The second kappa shape index (κ2) is 8.88. The number of nitrogens with zero attached hydrogens (tertiary/aromatic N) is 8. The topological polar surface area (TPSA) is 67.4 Å². The first-order valence-corrected chi connectivity index (χ1v) is 12.4. The Morgan fingerprint density at radius 1 is 0.892 bits per heavy atom. The van der Waals surface area contributed by atoms with Crippen LogP contribution in [0.25, 0.3) is 16.8 Å². The zero-order valence-electron chi connectivity index (χ0n) is 21.2. The number of piperazine rings is 1. The Morgan fingerprint density at radius 3 is 2.14 bits per heavy atom. The Kier molecular flexibility index (Phi) is 5.63. The lowest BCUT2D eigenvalue weighted by Crippen LogP contribution is -2.57. The van der Waals surface area contributed by atoms with Crippen LogP contribution in [0.1, 0.15) is 36.7 Å². The average Bonchev–Trinajstić information content (AvgIpc) is 3.46. The lowest BCUT2D eigenvalue weighted by molar-refractivity contribution is 0.129. The van der Waals surface area contributed by atoms with Crippen molar-refractivity contribution in [2.45, 2.75) is 38.9 Å². The van der Waals surface area contributed by atoms with Gasteiger partial charge in [0.1, 0.15) is 29.4 Å². The molecule has 0 bridgehead atoms. The first-order chi connectivity index (χ1) is 17.8. The van der Waals surface area contributed by atoms with Gasteiger partial charge in [-0.2, -0.15) is 10.1 Å². The lowest BCUT2D eigenvalue weighted by Gasteiger charge is -2.48. The molecule has 4 heterocycles. The van der Waals surface area contributed by atoms with Crippen molar-refractivity contribution in [2.75, 3.05) is 18.0 Å². The fourth-order valence-corrected chi connectivity index (χ4v) is 5.67. The first kappa shape index (κ1) is 23.5.